The standard InChI is InChI=1S/C23H29N3O3S/c27-21(18-6-4-7-19(16-18)25-22(28)20-8-5-15-30-20)24-17-23(9-2-1-3-10-23)26-11-13-29-14-12-26/h4-8,15-16H,1-3,9-14,17H2,(H,24,27)(H,25,28)/p+1. The summed E-state index contributed by atoms with van der Waals surface area (Å²) in [6.07, 6.45) is 6.04. The van der Waals surface area contributed by atoms with E-state index in [1.807, 2.05) is 23.6 Å². The lowest BCUT2D eigenvalue weighted by Gasteiger charge is -2.45. The summed E-state index contributed by atoms with van der Waals surface area (Å²) in [6, 6.07) is 10.8. The maximum Gasteiger partial charge on any atom is 0.265 e. The SMILES string of the molecule is O=C(NCC1([NH+]2CCOCC2)CCCCC1)c1cccc(NC(=O)c2cccs2)c1. The largest absolute Gasteiger partial charge is 0.370 e. The van der Waals surface area contributed by atoms with E-state index in [2.05, 4.69) is 10.6 Å². The summed E-state index contributed by atoms with van der Waals surface area (Å²) in [5.74, 6) is -0.237. The van der Waals surface area contributed by atoms with Crippen LogP contribution in [0.25, 0.3) is 0 Å². The second-order valence-corrected chi connectivity index (χ2v) is 9.20. The average Bonchev–Trinajstić information content (AvgIpc) is 3.34. The van der Waals surface area contributed by atoms with Gasteiger partial charge in [0.25, 0.3) is 11.8 Å². The first-order chi connectivity index (χ1) is 14.7. The topological polar surface area (TPSA) is 71.9 Å². The van der Waals surface area contributed by atoms with Crippen molar-refractivity contribution in [1.29, 1.82) is 0 Å². The van der Waals surface area contributed by atoms with Crippen molar-refractivity contribution in [2.75, 3.05) is 38.2 Å². The molecule has 30 heavy (non-hydrogen) atoms. The summed E-state index contributed by atoms with van der Waals surface area (Å²) >= 11 is 1.40. The minimum Gasteiger partial charge on any atom is -0.370 e. The first-order valence-corrected chi connectivity index (χ1v) is 11.7. The minimum atomic E-state index is -0.153. The highest BCUT2D eigenvalue weighted by molar-refractivity contribution is 7.12. The molecule has 6 nitrogen and oxygen atoms in total. The molecule has 4 rings (SSSR count). The predicted molar refractivity (Wildman–Crippen MR) is 118 cm³/mol. The van der Waals surface area contributed by atoms with Crippen molar-refractivity contribution in [3.05, 3.63) is 52.2 Å². The van der Waals surface area contributed by atoms with E-state index in [4.69, 9.17) is 4.74 Å². The Kier molecular flexibility index (Phi) is 6.82. The van der Waals surface area contributed by atoms with Crippen molar-refractivity contribution in [3.63, 3.8) is 0 Å². The second kappa shape index (κ2) is 9.73. The third kappa shape index (κ3) is 4.91. The molecule has 1 saturated carbocycles. The molecule has 160 valence electrons. The normalized spacial score (nSPS) is 19.2. The number of hydrogen-bond acceptors (Lipinski definition) is 4. The Labute approximate surface area is 181 Å². The van der Waals surface area contributed by atoms with Crippen molar-refractivity contribution in [2.45, 2.75) is 37.6 Å². The fourth-order valence-electron chi connectivity index (χ4n) is 4.72. The Hall–Kier alpha value is -2.22. The maximum atomic E-state index is 12.9. The molecule has 0 spiro atoms. The van der Waals surface area contributed by atoms with E-state index >= 15 is 0 Å². The summed E-state index contributed by atoms with van der Waals surface area (Å²) in [4.78, 5) is 27.4. The highest BCUT2D eigenvalue weighted by Gasteiger charge is 2.42. The number of morpholine rings is 1. The molecule has 1 aromatic heterocycles. The number of carbonyl (C=O) groups excluding carboxylic acids is 2. The number of quaternary nitrogens is 1. The van der Waals surface area contributed by atoms with E-state index < -0.39 is 0 Å². The van der Waals surface area contributed by atoms with Crippen LogP contribution in [0.15, 0.2) is 41.8 Å². The van der Waals surface area contributed by atoms with Gasteiger partial charge in [-0.1, -0.05) is 18.6 Å². The fraction of sp³-hybridized carbons (Fsp3) is 0.478. The Balaban J connectivity index is 1.40. The van der Waals surface area contributed by atoms with Crippen LogP contribution in [0.3, 0.4) is 0 Å². The number of hydrogen-bond donors (Lipinski definition) is 3. The number of rotatable bonds is 6. The molecule has 0 bridgehead atoms. The van der Waals surface area contributed by atoms with Crippen LogP contribution in [-0.2, 0) is 4.74 Å². The highest BCUT2D eigenvalue weighted by atomic mass is 32.1. The molecule has 1 saturated heterocycles. The van der Waals surface area contributed by atoms with Crippen molar-refractivity contribution in [1.82, 2.24) is 5.32 Å². The number of amides is 2. The molecule has 2 fully saturated rings. The smallest absolute Gasteiger partial charge is 0.265 e. The molecule has 2 aliphatic rings. The Morgan fingerprint density at radius 1 is 1.03 bits per heavy atom. The molecular formula is C23H30N3O3S+. The molecule has 1 aliphatic carbocycles. The molecule has 7 heteroatoms. The third-order valence-electron chi connectivity index (χ3n) is 6.37. The van der Waals surface area contributed by atoms with Crippen LogP contribution in [0.1, 0.15) is 52.1 Å². The van der Waals surface area contributed by atoms with Crippen molar-refractivity contribution in [2.24, 2.45) is 0 Å². The number of anilines is 1. The van der Waals surface area contributed by atoms with E-state index in [1.165, 1.54) is 30.6 Å². The van der Waals surface area contributed by atoms with Crippen molar-refractivity contribution in [3.8, 4) is 0 Å². The van der Waals surface area contributed by atoms with E-state index in [-0.39, 0.29) is 17.4 Å². The molecule has 0 atom stereocenters. The van der Waals surface area contributed by atoms with Gasteiger partial charge in [-0.25, -0.2) is 0 Å². The lowest BCUT2D eigenvalue weighted by Crippen LogP contribution is -3.23. The first-order valence-electron chi connectivity index (χ1n) is 10.8. The summed E-state index contributed by atoms with van der Waals surface area (Å²) in [7, 11) is 0. The van der Waals surface area contributed by atoms with E-state index in [1.54, 1.807) is 23.1 Å². The van der Waals surface area contributed by atoms with E-state index in [0.29, 0.717) is 22.7 Å². The maximum absolute atomic E-state index is 12.9. The van der Waals surface area contributed by atoms with Gasteiger partial charge in [-0.3, -0.25) is 9.59 Å². The van der Waals surface area contributed by atoms with Gasteiger partial charge in [0.15, 0.2) is 0 Å². The van der Waals surface area contributed by atoms with Crippen molar-refractivity contribution < 1.29 is 19.2 Å². The quantitative estimate of drug-likeness (QED) is 0.661. The third-order valence-corrected chi connectivity index (χ3v) is 7.24. The summed E-state index contributed by atoms with van der Waals surface area (Å²) < 4.78 is 5.56. The fourth-order valence-corrected chi connectivity index (χ4v) is 5.34. The average molecular weight is 429 g/mol. The van der Waals surface area contributed by atoms with Crippen LogP contribution in [0.2, 0.25) is 0 Å². The molecule has 2 aromatic rings. The molecular weight excluding hydrogens is 398 g/mol. The Morgan fingerprint density at radius 3 is 2.57 bits per heavy atom. The molecule has 2 amide bonds. The van der Waals surface area contributed by atoms with Gasteiger partial charge >= 0.3 is 0 Å². The van der Waals surface area contributed by atoms with E-state index in [9.17, 15) is 9.59 Å². The lowest BCUT2D eigenvalue weighted by atomic mass is 9.79. The van der Waals surface area contributed by atoms with Gasteiger partial charge in [0.2, 0.25) is 0 Å². The highest BCUT2D eigenvalue weighted by Crippen LogP contribution is 2.25. The van der Waals surface area contributed by atoms with Crippen LogP contribution in [0.5, 0.6) is 0 Å². The monoisotopic (exact) mass is 428 g/mol. The zero-order valence-corrected chi connectivity index (χ0v) is 18.1. The second-order valence-electron chi connectivity index (χ2n) is 8.25. The van der Waals surface area contributed by atoms with Gasteiger partial charge in [0.1, 0.15) is 18.6 Å². The van der Waals surface area contributed by atoms with Gasteiger partial charge in [-0.05, 0) is 42.5 Å². The number of nitrogens with one attached hydrogen (secondary N) is 3. The van der Waals surface area contributed by atoms with Crippen molar-refractivity contribution >= 4 is 28.8 Å². The van der Waals surface area contributed by atoms with Gasteiger partial charge in [-0.2, -0.15) is 0 Å². The van der Waals surface area contributed by atoms with E-state index in [0.717, 1.165) is 39.1 Å². The Morgan fingerprint density at radius 2 is 1.83 bits per heavy atom. The summed E-state index contributed by atoms with van der Waals surface area (Å²) in [5, 5.41) is 7.95. The molecule has 3 N–H and O–H groups in total. The van der Waals surface area contributed by atoms with Gasteiger partial charge in [-0.15, -0.1) is 11.3 Å². The van der Waals surface area contributed by atoms with Crippen LogP contribution in [0, 0.1) is 0 Å². The molecule has 1 aliphatic heterocycles. The first kappa shape index (κ1) is 21.0. The predicted octanol–water partition coefficient (Wildman–Crippen LogP) is 2.35. The van der Waals surface area contributed by atoms with Crippen LogP contribution < -0.4 is 15.5 Å². The zero-order valence-electron chi connectivity index (χ0n) is 17.2. The van der Waals surface area contributed by atoms with Gasteiger partial charge in [0.05, 0.1) is 24.6 Å². The van der Waals surface area contributed by atoms with Gasteiger partial charge < -0.3 is 20.3 Å². The van der Waals surface area contributed by atoms with Crippen LogP contribution in [0.4, 0.5) is 5.69 Å². The summed E-state index contributed by atoms with van der Waals surface area (Å²) in [5.41, 5.74) is 1.32. The number of carbonyl (C=O) groups is 2. The number of benzene rings is 1. The van der Waals surface area contributed by atoms with Crippen LogP contribution in [-0.4, -0.2) is 50.2 Å². The molecule has 2 heterocycles. The minimum absolute atomic E-state index is 0.0835. The lowest BCUT2D eigenvalue weighted by molar-refractivity contribution is -0.960. The van der Waals surface area contributed by atoms with Crippen LogP contribution >= 0.6 is 11.3 Å². The number of thiophene rings is 1. The zero-order chi connectivity index (χ0) is 20.8. The molecule has 0 radical (unpaired) electrons. The molecule has 0 unspecified atom stereocenters. The molecule has 1 aromatic carbocycles. The van der Waals surface area contributed by atoms with Gasteiger partial charge in [0, 0.05) is 24.1 Å². The number of ether oxygens (including phenoxy) is 1. The Bertz CT molecular complexity index is 856. The summed E-state index contributed by atoms with van der Waals surface area (Å²) in [6.45, 7) is 4.32.